The van der Waals surface area contributed by atoms with E-state index in [-0.39, 0.29) is 24.5 Å². The molecule has 2 aliphatic heterocycles. The summed E-state index contributed by atoms with van der Waals surface area (Å²) in [6, 6.07) is 10.7. The van der Waals surface area contributed by atoms with Crippen LogP contribution in [0.4, 0.5) is 5.69 Å². The first-order chi connectivity index (χ1) is 13.3. The highest BCUT2D eigenvalue weighted by molar-refractivity contribution is 7.91. The molecular weight excluding hydrogens is 418 g/mol. The molecule has 4 rings (SSSR count). The second kappa shape index (κ2) is 7.76. The van der Waals surface area contributed by atoms with Crippen LogP contribution in [0.15, 0.2) is 40.6 Å². The lowest BCUT2D eigenvalue weighted by atomic mass is 10.2. The quantitative estimate of drug-likeness (QED) is 0.776. The number of anilines is 1. The molecule has 0 spiro atoms. The van der Waals surface area contributed by atoms with Gasteiger partial charge in [-0.25, -0.2) is 8.42 Å². The van der Waals surface area contributed by atoms with Gasteiger partial charge in [-0.3, -0.25) is 9.69 Å². The molecule has 2 saturated heterocycles. The van der Waals surface area contributed by atoms with Gasteiger partial charge in [0, 0.05) is 30.9 Å². The summed E-state index contributed by atoms with van der Waals surface area (Å²) in [6.07, 6.45) is 1.64. The summed E-state index contributed by atoms with van der Waals surface area (Å²) in [5.41, 5.74) is 1.83. The van der Waals surface area contributed by atoms with Gasteiger partial charge in [-0.15, -0.1) is 11.3 Å². The van der Waals surface area contributed by atoms with E-state index in [2.05, 4.69) is 10.2 Å². The Morgan fingerprint density at radius 3 is 2.46 bits per heavy atom. The number of carbonyl (C=O) groups excluding carboxylic acids is 1. The summed E-state index contributed by atoms with van der Waals surface area (Å²) < 4.78 is 28.5. The Labute approximate surface area is 174 Å². The maximum Gasteiger partial charge on any atom is 0.253 e. The van der Waals surface area contributed by atoms with Crippen LogP contribution in [0.3, 0.4) is 0 Å². The Hall–Kier alpha value is -1.45. The van der Waals surface area contributed by atoms with Crippen LogP contribution in [-0.4, -0.2) is 55.2 Å². The van der Waals surface area contributed by atoms with Crippen LogP contribution in [0.1, 0.15) is 18.4 Å². The third kappa shape index (κ3) is 3.84. The second-order valence-corrected chi connectivity index (χ2v) is 11.1. The molecule has 9 heteroatoms. The second-order valence-electron chi connectivity index (χ2n) is 7.34. The number of fused-ring (bicyclic) bond motifs is 2. The van der Waals surface area contributed by atoms with E-state index < -0.39 is 10.0 Å². The van der Waals surface area contributed by atoms with E-state index in [4.69, 9.17) is 11.6 Å². The van der Waals surface area contributed by atoms with Crippen LogP contribution in [-0.2, 0) is 14.8 Å². The maximum absolute atomic E-state index is 13.0. The van der Waals surface area contributed by atoms with E-state index in [9.17, 15) is 13.2 Å². The standard InChI is InChI=1S/C19H22ClN3O3S2/c1-13-4-2-3-5-16(13)21-18(24)12-22-10-14-6-7-15(11-22)23(14)28(25,26)19-9-8-17(20)27-19/h2-5,8-9,14-15H,6-7,10-12H2,1H3,(H,21,24). The van der Waals surface area contributed by atoms with Crippen molar-refractivity contribution in [2.24, 2.45) is 0 Å². The van der Waals surface area contributed by atoms with Gasteiger partial charge in [-0.1, -0.05) is 29.8 Å². The largest absolute Gasteiger partial charge is 0.325 e. The third-order valence-electron chi connectivity index (χ3n) is 5.36. The monoisotopic (exact) mass is 439 g/mol. The van der Waals surface area contributed by atoms with E-state index in [1.54, 1.807) is 16.4 Å². The normalized spacial score (nSPS) is 23.1. The minimum absolute atomic E-state index is 0.0740. The predicted molar refractivity (Wildman–Crippen MR) is 111 cm³/mol. The van der Waals surface area contributed by atoms with Crippen molar-refractivity contribution in [3.63, 3.8) is 0 Å². The molecule has 3 heterocycles. The van der Waals surface area contributed by atoms with E-state index in [0.717, 1.165) is 35.4 Å². The molecule has 2 aliphatic rings. The first-order valence-electron chi connectivity index (χ1n) is 9.21. The minimum Gasteiger partial charge on any atom is -0.325 e. The number of hydrogen-bond acceptors (Lipinski definition) is 5. The van der Waals surface area contributed by atoms with Crippen LogP contribution < -0.4 is 5.32 Å². The van der Waals surface area contributed by atoms with Gasteiger partial charge in [0.15, 0.2) is 0 Å². The molecule has 0 aliphatic carbocycles. The molecule has 6 nitrogen and oxygen atoms in total. The predicted octanol–water partition coefficient (Wildman–Crippen LogP) is 3.19. The van der Waals surface area contributed by atoms with Gasteiger partial charge in [0.1, 0.15) is 4.21 Å². The summed E-state index contributed by atoms with van der Waals surface area (Å²) in [5, 5.41) is 2.95. The van der Waals surface area contributed by atoms with Crippen molar-refractivity contribution in [1.29, 1.82) is 0 Å². The van der Waals surface area contributed by atoms with Crippen molar-refractivity contribution in [2.45, 2.75) is 36.1 Å². The molecule has 28 heavy (non-hydrogen) atoms. The Kier molecular flexibility index (Phi) is 5.50. The van der Waals surface area contributed by atoms with E-state index in [1.807, 2.05) is 31.2 Å². The SMILES string of the molecule is Cc1ccccc1NC(=O)CN1CC2CCC(C1)N2S(=O)(=O)c1ccc(Cl)s1. The zero-order valence-electron chi connectivity index (χ0n) is 15.5. The molecule has 2 bridgehead atoms. The van der Waals surface area contributed by atoms with Gasteiger partial charge < -0.3 is 5.32 Å². The highest BCUT2D eigenvalue weighted by Crippen LogP contribution is 2.37. The number of hydrogen-bond donors (Lipinski definition) is 1. The fraction of sp³-hybridized carbons (Fsp3) is 0.421. The number of rotatable bonds is 5. The molecule has 1 aromatic carbocycles. The minimum atomic E-state index is -3.54. The maximum atomic E-state index is 13.0. The molecule has 2 fully saturated rings. The van der Waals surface area contributed by atoms with E-state index in [0.29, 0.717) is 21.6 Å². The first-order valence-corrected chi connectivity index (χ1v) is 11.8. The van der Waals surface area contributed by atoms with Crippen molar-refractivity contribution in [2.75, 3.05) is 25.0 Å². The number of carbonyl (C=O) groups is 1. The molecule has 0 radical (unpaired) electrons. The van der Waals surface area contributed by atoms with Crippen LogP contribution in [0.5, 0.6) is 0 Å². The summed E-state index contributed by atoms with van der Waals surface area (Å²) in [4.78, 5) is 14.5. The van der Waals surface area contributed by atoms with Gasteiger partial charge >= 0.3 is 0 Å². The van der Waals surface area contributed by atoms with Crippen molar-refractivity contribution in [3.8, 4) is 0 Å². The first kappa shape index (κ1) is 19.8. The van der Waals surface area contributed by atoms with Crippen LogP contribution in [0.25, 0.3) is 0 Å². The molecule has 1 amide bonds. The number of aryl methyl sites for hydroxylation is 1. The summed E-state index contributed by atoms with van der Waals surface area (Å²) in [6.45, 7) is 3.35. The van der Waals surface area contributed by atoms with Gasteiger partial charge in [0.25, 0.3) is 10.0 Å². The lowest BCUT2D eigenvalue weighted by molar-refractivity contribution is -0.117. The number of piperazine rings is 1. The van der Waals surface area contributed by atoms with Crippen molar-refractivity contribution in [3.05, 3.63) is 46.3 Å². The fourth-order valence-corrected chi connectivity index (χ4v) is 7.56. The number of halogens is 1. The number of sulfonamides is 1. The highest BCUT2D eigenvalue weighted by atomic mass is 35.5. The lowest BCUT2D eigenvalue weighted by Crippen LogP contribution is -2.56. The fourth-order valence-electron chi connectivity index (χ4n) is 4.12. The summed E-state index contributed by atoms with van der Waals surface area (Å²) in [7, 11) is -3.54. The number of nitrogens with zero attached hydrogens (tertiary/aromatic N) is 2. The number of para-hydroxylation sites is 1. The number of thiophene rings is 1. The smallest absolute Gasteiger partial charge is 0.253 e. The Balaban J connectivity index is 1.42. The Morgan fingerprint density at radius 1 is 1.18 bits per heavy atom. The Bertz CT molecular complexity index is 978. The molecule has 2 atom stereocenters. The van der Waals surface area contributed by atoms with Gasteiger partial charge in [-0.05, 0) is 43.5 Å². The van der Waals surface area contributed by atoms with E-state index in [1.165, 1.54) is 0 Å². The van der Waals surface area contributed by atoms with Gasteiger partial charge in [-0.2, -0.15) is 4.31 Å². The number of nitrogens with one attached hydrogen (secondary N) is 1. The van der Waals surface area contributed by atoms with Crippen molar-refractivity contribution in [1.82, 2.24) is 9.21 Å². The number of likely N-dealkylation sites (tertiary alicyclic amines) is 1. The average Bonchev–Trinajstić information content (AvgIpc) is 3.19. The highest BCUT2D eigenvalue weighted by Gasteiger charge is 2.47. The zero-order chi connectivity index (χ0) is 19.9. The van der Waals surface area contributed by atoms with Crippen LogP contribution in [0.2, 0.25) is 4.34 Å². The Morgan fingerprint density at radius 2 is 1.86 bits per heavy atom. The number of benzene rings is 1. The molecule has 0 saturated carbocycles. The lowest BCUT2D eigenvalue weighted by Gasteiger charge is -2.39. The molecule has 1 N–H and O–H groups in total. The summed E-state index contributed by atoms with van der Waals surface area (Å²) >= 11 is 7.03. The van der Waals surface area contributed by atoms with Gasteiger partial charge in [0.2, 0.25) is 5.91 Å². The average molecular weight is 440 g/mol. The van der Waals surface area contributed by atoms with Gasteiger partial charge in [0.05, 0.1) is 10.9 Å². The van der Waals surface area contributed by atoms with Crippen LogP contribution >= 0.6 is 22.9 Å². The molecule has 150 valence electrons. The third-order valence-corrected chi connectivity index (χ3v) is 9.06. The van der Waals surface area contributed by atoms with Crippen molar-refractivity contribution >= 4 is 44.6 Å². The van der Waals surface area contributed by atoms with Crippen molar-refractivity contribution < 1.29 is 13.2 Å². The molecule has 1 aromatic heterocycles. The van der Waals surface area contributed by atoms with E-state index >= 15 is 0 Å². The molecule has 2 unspecified atom stereocenters. The molecule has 2 aromatic rings. The number of amides is 1. The topological polar surface area (TPSA) is 69.7 Å². The zero-order valence-corrected chi connectivity index (χ0v) is 17.9. The molecular formula is C19H22ClN3O3S2. The summed E-state index contributed by atoms with van der Waals surface area (Å²) in [5.74, 6) is -0.0740. The van der Waals surface area contributed by atoms with Crippen LogP contribution in [0, 0.1) is 6.92 Å².